The lowest BCUT2D eigenvalue weighted by Gasteiger charge is -2.07. The quantitative estimate of drug-likeness (QED) is 0.187. The first-order valence-corrected chi connectivity index (χ1v) is 8.29. The van der Waals surface area contributed by atoms with Gasteiger partial charge < -0.3 is 4.74 Å². The number of ether oxygens (including phenoxy) is 1. The number of anilines is 1. The first kappa shape index (κ1) is 16.3. The van der Waals surface area contributed by atoms with Crippen LogP contribution in [0.4, 0.5) is 5.95 Å². The number of hydrogen-bond donors (Lipinski definition) is 3. The minimum absolute atomic E-state index is 0.447. The molecule has 1 aromatic carbocycles. The Bertz CT molecular complexity index is 670. The molecule has 2 aromatic rings. The fourth-order valence-corrected chi connectivity index (χ4v) is 3.84. The van der Waals surface area contributed by atoms with E-state index < -0.39 is 0 Å². The fraction of sp³-hybridized carbons (Fsp3) is 0.250. The van der Waals surface area contributed by atoms with E-state index in [-0.39, 0.29) is 0 Å². The zero-order valence-corrected chi connectivity index (χ0v) is 15.8. The van der Waals surface area contributed by atoms with Crippen LogP contribution in [0.1, 0.15) is 18.3 Å². The molecule has 0 bridgehead atoms. The molecule has 2 rings (SSSR count). The largest absolute Gasteiger partial charge is 0.495 e. The molecule has 0 aliphatic heterocycles. The second-order valence-corrected chi connectivity index (χ2v) is 6.51. The van der Waals surface area contributed by atoms with Crippen LogP contribution in [0.25, 0.3) is 0 Å². The SMILES string of the molecule is CCc1[nH]nc(NN=Cc2cc(I)cc(I)c2OC)[n+]1N. The zero-order chi connectivity index (χ0) is 15.4. The van der Waals surface area contributed by atoms with E-state index in [2.05, 4.69) is 65.9 Å². The van der Waals surface area contributed by atoms with E-state index in [0.29, 0.717) is 5.95 Å². The van der Waals surface area contributed by atoms with Crippen LogP contribution in [0.2, 0.25) is 0 Å². The summed E-state index contributed by atoms with van der Waals surface area (Å²) in [6.07, 6.45) is 2.45. The van der Waals surface area contributed by atoms with Crippen molar-refractivity contribution in [3.05, 3.63) is 30.7 Å². The summed E-state index contributed by atoms with van der Waals surface area (Å²) in [6.45, 7) is 1.99. The number of hydrogen-bond acceptors (Lipinski definition) is 5. The van der Waals surface area contributed by atoms with Crippen LogP contribution in [0.5, 0.6) is 5.75 Å². The highest BCUT2D eigenvalue weighted by atomic mass is 127. The number of hydrazone groups is 1. The molecule has 7 nitrogen and oxygen atoms in total. The van der Waals surface area contributed by atoms with Crippen molar-refractivity contribution < 1.29 is 9.41 Å². The molecule has 0 saturated heterocycles. The maximum Gasteiger partial charge on any atom is 0.421 e. The summed E-state index contributed by atoms with van der Waals surface area (Å²) in [4.78, 5) is 0. The highest BCUT2D eigenvalue weighted by molar-refractivity contribution is 14.1. The molecule has 0 amide bonds. The van der Waals surface area contributed by atoms with Crippen molar-refractivity contribution in [1.82, 2.24) is 10.2 Å². The van der Waals surface area contributed by atoms with E-state index in [4.69, 9.17) is 10.6 Å². The smallest absolute Gasteiger partial charge is 0.421 e. The van der Waals surface area contributed by atoms with Crippen molar-refractivity contribution in [2.75, 3.05) is 18.4 Å². The molecule has 0 fully saturated rings. The third-order valence-corrected chi connectivity index (χ3v) is 4.18. The van der Waals surface area contributed by atoms with E-state index >= 15 is 0 Å². The van der Waals surface area contributed by atoms with Gasteiger partial charge in [0.2, 0.25) is 5.82 Å². The van der Waals surface area contributed by atoms with Crippen molar-refractivity contribution in [3.8, 4) is 5.75 Å². The molecular weight excluding hydrogens is 498 g/mol. The summed E-state index contributed by atoms with van der Waals surface area (Å²) in [7, 11) is 1.64. The van der Waals surface area contributed by atoms with Crippen LogP contribution >= 0.6 is 45.2 Å². The first-order chi connectivity index (χ1) is 10.1. The van der Waals surface area contributed by atoms with E-state index in [1.807, 2.05) is 19.1 Å². The lowest BCUT2D eigenvalue weighted by atomic mass is 10.2. The molecule has 0 unspecified atom stereocenters. The van der Waals surface area contributed by atoms with E-state index in [1.54, 1.807) is 13.3 Å². The van der Waals surface area contributed by atoms with Gasteiger partial charge in [0.05, 0.1) is 16.9 Å². The number of methoxy groups -OCH3 is 1. The minimum Gasteiger partial charge on any atom is -0.495 e. The minimum atomic E-state index is 0.447. The molecular formula is C12H15I2N6O+. The Labute approximate surface area is 149 Å². The lowest BCUT2D eigenvalue weighted by Crippen LogP contribution is -2.48. The number of rotatable bonds is 5. The van der Waals surface area contributed by atoms with E-state index in [1.165, 1.54) is 4.68 Å². The molecule has 0 aliphatic carbocycles. The molecule has 0 aliphatic rings. The fourth-order valence-electron chi connectivity index (χ4n) is 1.73. The number of benzene rings is 1. The van der Waals surface area contributed by atoms with Crippen molar-refractivity contribution >= 4 is 57.3 Å². The van der Waals surface area contributed by atoms with Gasteiger partial charge in [-0.05, 0) is 57.3 Å². The number of aromatic amines is 1. The average Bonchev–Trinajstić information content (AvgIpc) is 2.79. The summed E-state index contributed by atoms with van der Waals surface area (Å²) < 4.78 is 8.98. The van der Waals surface area contributed by atoms with E-state index in [9.17, 15) is 0 Å². The number of nitrogens with zero attached hydrogens (tertiary/aromatic N) is 3. The first-order valence-electron chi connectivity index (χ1n) is 6.13. The molecule has 112 valence electrons. The summed E-state index contributed by atoms with van der Waals surface area (Å²) in [5.41, 5.74) is 3.70. The van der Waals surface area contributed by atoms with Gasteiger partial charge in [0.1, 0.15) is 5.75 Å². The molecule has 0 spiro atoms. The molecule has 1 heterocycles. The predicted octanol–water partition coefficient (Wildman–Crippen LogP) is 1.64. The maximum absolute atomic E-state index is 5.86. The average molecular weight is 513 g/mol. The van der Waals surface area contributed by atoms with Gasteiger partial charge in [-0.25, -0.2) is 0 Å². The number of aromatic nitrogens is 3. The Morgan fingerprint density at radius 2 is 2.29 bits per heavy atom. The van der Waals surface area contributed by atoms with Crippen LogP contribution in [-0.2, 0) is 6.42 Å². The van der Waals surface area contributed by atoms with Gasteiger partial charge in [0.15, 0.2) is 0 Å². The molecule has 9 heteroatoms. The van der Waals surface area contributed by atoms with Crippen LogP contribution in [0, 0.1) is 7.14 Å². The summed E-state index contributed by atoms with van der Waals surface area (Å²) in [5, 5.41) is 11.1. The maximum atomic E-state index is 5.86. The van der Waals surface area contributed by atoms with Gasteiger partial charge >= 0.3 is 5.95 Å². The molecule has 0 radical (unpaired) electrons. The summed E-state index contributed by atoms with van der Waals surface area (Å²) in [5.74, 6) is 7.91. The van der Waals surface area contributed by atoms with Crippen LogP contribution in [-0.4, -0.2) is 23.5 Å². The second-order valence-electron chi connectivity index (χ2n) is 4.10. The third-order valence-electron chi connectivity index (χ3n) is 2.75. The van der Waals surface area contributed by atoms with Crippen LogP contribution in [0.15, 0.2) is 17.2 Å². The number of aryl methyl sites for hydroxylation is 1. The number of halogens is 2. The Hall–Kier alpha value is -1.11. The Kier molecular flexibility index (Phi) is 5.61. The van der Waals surface area contributed by atoms with Crippen LogP contribution in [0.3, 0.4) is 0 Å². The van der Waals surface area contributed by atoms with Crippen molar-refractivity contribution in [2.24, 2.45) is 5.10 Å². The van der Waals surface area contributed by atoms with Gasteiger partial charge in [0.25, 0.3) is 0 Å². The normalized spacial score (nSPS) is 11.0. The van der Waals surface area contributed by atoms with Gasteiger partial charge in [-0.2, -0.15) is 10.5 Å². The molecule has 0 saturated carbocycles. The highest BCUT2D eigenvalue weighted by Crippen LogP contribution is 2.26. The summed E-state index contributed by atoms with van der Waals surface area (Å²) >= 11 is 4.49. The molecule has 4 N–H and O–H groups in total. The number of nitrogens with one attached hydrogen (secondary N) is 2. The summed E-state index contributed by atoms with van der Waals surface area (Å²) in [6, 6.07) is 4.03. The van der Waals surface area contributed by atoms with Gasteiger partial charge in [-0.15, -0.1) is 9.78 Å². The van der Waals surface area contributed by atoms with Crippen molar-refractivity contribution in [2.45, 2.75) is 13.3 Å². The Balaban J connectivity index is 2.20. The number of nitrogens with two attached hydrogens (primary N) is 1. The van der Waals surface area contributed by atoms with Gasteiger partial charge in [-0.3, -0.25) is 5.84 Å². The highest BCUT2D eigenvalue weighted by Gasteiger charge is 2.14. The van der Waals surface area contributed by atoms with Gasteiger partial charge in [0, 0.05) is 20.7 Å². The number of H-pyrrole nitrogens is 1. The second kappa shape index (κ2) is 7.24. The molecule has 21 heavy (non-hydrogen) atoms. The zero-order valence-electron chi connectivity index (χ0n) is 11.5. The Morgan fingerprint density at radius 3 is 2.90 bits per heavy atom. The Morgan fingerprint density at radius 1 is 1.52 bits per heavy atom. The number of nitrogen functional groups attached to an aromatic ring is 1. The molecule has 1 aromatic heterocycles. The van der Waals surface area contributed by atoms with E-state index in [0.717, 1.165) is 30.7 Å². The van der Waals surface area contributed by atoms with Crippen LogP contribution < -0.4 is 20.7 Å². The standard InChI is InChI=1S/C12H14I2N6O/c1-3-10-17-19-12(20(10)15)18-16-6-7-4-8(13)5-9(14)11(7)21-2/h4-6H,3,15H2,1-2H3,(H,18,19)/p+1. The van der Waals surface area contributed by atoms with Crippen molar-refractivity contribution in [3.63, 3.8) is 0 Å². The van der Waals surface area contributed by atoms with Gasteiger partial charge in [-0.1, -0.05) is 6.92 Å². The topological polar surface area (TPSA) is 92.2 Å². The predicted molar refractivity (Wildman–Crippen MR) is 98.0 cm³/mol. The lowest BCUT2D eigenvalue weighted by molar-refractivity contribution is -0.632. The van der Waals surface area contributed by atoms with Crippen molar-refractivity contribution in [1.29, 1.82) is 0 Å². The molecule has 0 atom stereocenters. The third kappa shape index (κ3) is 3.75. The monoisotopic (exact) mass is 513 g/mol.